The summed E-state index contributed by atoms with van der Waals surface area (Å²) in [6.45, 7) is 34.2. The number of aromatic nitrogens is 3. The van der Waals surface area contributed by atoms with Gasteiger partial charge in [0.15, 0.2) is 40.9 Å². The van der Waals surface area contributed by atoms with Crippen LogP contribution in [0, 0.1) is 53.2 Å². The van der Waals surface area contributed by atoms with Gasteiger partial charge in [-0.1, -0.05) is 86.6 Å². The number of carbonyl (C=O) groups excluding carboxylic acids is 9. The molecule has 2 unspecified atom stereocenters. The number of aryl methyl sites for hydroxylation is 6. The maximum absolute atomic E-state index is 14.2. The average molecular weight is 1750 g/mol. The molecular weight excluding hydrogens is 1630 g/mol. The molecule has 126 heavy (non-hydrogen) atoms. The van der Waals surface area contributed by atoms with Crippen molar-refractivity contribution in [3.63, 3.8) is 0 Å². The van der Waals surface area contributed by atoms with E-state index in [2.05, 4.69) is 96.1 Å². The molecule has 1 amide bonds. The van der Waals surface area contributed by atoms with Crippen molar-refractivity contribution < 1.29 is 98.8 Å². The lowest BCUT2D eigenvalue weighted by Gasteiger charge is -2.38. The Kier molecular flexibility index (Phi) is 41.5. The van der Waals surface area contributed by atoms with Crippen molar-refractivity contribution in [2.45, 2.75) is 213 Å². The number of aldehydes is 2. The number of nitrogens with two attached hydrogens (primary N) is 1. The van der Waals surface area contributed by atoms with Crippen LogP contribution in [0.3, 0.4) is 0 Å². The number of para-hydroxylation sites is 3. The van der Waals surface area contributed by atoms with Gasteiger partial charge in [-0.3, -0.25) is 58.6 Å². The summed E-state index contributed by atoms with van der Waals surface area (Å²) in [5, 5.41) is 13.3. The highest BCUT2D eigenvalue weighted by molar-refractivity contribution is 6.06. The summed E-state index contributed by atoms with van der Waals surface area (Å²) in [5.74, 6) is -5.08. The summed E-state index contributed by atoms with van der Waals surface area (Å²) in [7, 11) is 0. The number of halogens is 2. The van der Waals surface area contributed by atoms with Crippen molar-refractivity contribution in [3.8, 4) is 0 Å². The Labute approximate surface area is 730 Å². The molecule has 0 saturated heterocycles. The number of amides is 1. The Morgan fingerprint density at radius 3 is 1.41 bits per heavy atom. The second-order valence-electron chi connectivity index (χ2n) is 32.1. The van der Waals surface area contributed by atoms with E-state index in [1.807, 2.05) is 41.5 Å². The maximum atomic E-state index is 14.2. The maximum Gasteiger partial charge on any atom is 0.417 e. The molecule has 680 valence electrons. The van der Waals surface area contributed by atoms with Crippen LogP contribution in [0.15, 0.2) is 178 Å². The van der Waals surface area contributed by atoms with Crippen LogP contribution in [0.1, 0.15) is 225 Å². The predicted octanol–water partition coefficient (Wildman–Crippen LogP) is 18.1. The Balaban J connectivity index is 0.000000405. The number of oxazole rings is 3. The second-order valence-corrected chi connectivity index (χ2v) is 32.1. The van der Waals surface area contributed by atoms with E-state index in [1.165, 1.54) is 63.7 Å². The minimum atomic E-state index is -0.833. The Bertz CT molecular complexity index is 5560. The number of aromatic amines is 3. The number of carbonyl (C=O) groups is 10. The first-order valence-corrected chi connectivity index (χ1v) is 39.5. The number of ketones is 4. The van der Waals surface area contributed by atoms with E-state index in [0.29, 0.717) is 123 Å². The summed E-state index contributed by atoms with van der Waals surface area (Å²) in [4.78, 5) is 155. The molecule has 3 aromatic heterocycles. The third kappa shape index (κ3) is 33.5. The number of nitrogen functional groups attached to an aromatic ring is 1. The van der Waals surface area contributed by atoms with Crippen LogP contribution in [-0.4, -0.2) is 123 Å². The number of nitrogens with one attached hydrogen (secondary N) is 5. The van der Waals surface area contributed by atoms with Gasteiger partial charge in [0.2, 0.25) is 0 Å². The van der Waals surface area contributed by atoms with E-state index in [-0.39, 0.29) is 100 Å². The smallest absolute Gasteiger partial charge is 0.417 e. The number of anilines is 2. The molecule has 29 nitrogen and oxygen atoms in total. The molecule has 13 rings (SSSR count). The Hall–Kier alpha value is -13.1. The zero-order valence-corrected chi connectivity index (χ0v) is 73.1. The number of allylic oxidation sites excluding steroid dienone is 2. The highest BCUT2D eigenvalue weighted by atomic mass is 19.1. The number of ether oxygens (including phenoxy) is 5. The number of fused-ring (bicyclic) bond motifs is 3. The standard InChI is InChI=1S/C33H38N2O6.C15H18O2.C11H14FNO2.C10H18O4.2C8H5NO3.C6H6FN.C2H4O2.2CH4.H3N/c1-8-39-31(37)29-24(16-40-33(5,6)7)34-23-14-20(26-18(3)12-17(2)13-19(26)4)15-25(36)28(23)27(29)21-10-9-11-22-30(21)41-32(38)35-22;1-9-4-10(2)15(11(3)5-9)12-6-13(16)8-14(17)7-12;1-11(2,3)15-10(14)13-9-6-4-5-8(12)7-9;1-5-13-9(12)6-8(11)7-14-10(2,3)4;2*10-4-5-2-1-3-6-7(5)12-8(11)9-6;7-5-2-1-3-6(8)4-5;1-2(3)4;;;/h9-13,20,27,34H,8,14-16H2,1-7H3,(H,35,38);4-5,12H,6-8H2,1-3H3;4-7H,1-3H3,(H,13,14);5-7H2,1-4H3;2*1-4H,(H,9,11);1-4H,8H2;1H3,(H,3,4);2*1H4;1H3. The van der Waals surface area contributed by atoms with E-state index >= 15 is 0 Å². The van der Waals surface area contributed by atoms with Gasteiger partial charge in [0.1, 0.15) is 41.8 Å². The molecule has 2 aliphatic carbocycles. The summed E-state index contributed by atoms with van der Waals surface area (Å²) in [5.41, 5.74) is 20.2. The summed E-state index contributed by atoms with van der Waals surface area (Å²) in [6.07, 6.45) is 2.59. The normalized spacial score (nSPS) is 14.0. The number of carboxylic acids is 1. The molecule has 1 fully saturated rings. The molecule has 7 aromatic carbocycles. The van der Waals surface area contributed by atoms with Crippen LogP contribution in [0.5, 0.6) is 0 Å². The molecule has 4 heterocycles. The molecule has 0 spiro atoms. The molecule has 31 heteroatoms. The first kappa shape index (κ1) is 107. The lowest BCUT2D eigenvalue weighted by atomic mass is 9.70. The van der Waals surface area contributed by atoms with Crippen molar-refractivity contribution in [1.29, 1.82) is 0 Å². The van der Waals surface area contributed by atoms with Crippen LogP contribution in [0.25, 0.3) is 33.3 Å². The van der Waals surface area contributed by atoms with Gasteiger partial charge in [0.25, 0.3) is 5.97 Å². The topological polar surface area (TPSA) is 460 Å². The Morgan fingerprint density at radius 2 is 0.992 bits per heavy atom. The number of Topliss-reactive ketones (excluding diaryl/α,β-unsaturated/α-hetero) is 4. The van der Waals surface area contributed by atoms with E-state index in [1.54, 1.807) is 107 Å². The van der Waals surface area contributed by atoms with E-state index in [0.717, 1.165) is 23.7 Å². The van der Waals surface area contributed by atoms with Crippen molar-refractivity contribution in [1.82, 2.24) is 26.4 Å². The van der Waals surface area contributed by atoms with Crippen LogP contribution in [0.4, 0.5) is 25.0 Å². The summed E-state index contributed by atoms with van der Waals surface area (Å²) in [6, 6.07) is 35.3. The van der Waals surface area contributed by atoms with Gasteiger partial charge in [0, 0.05) is 54.4 Å². The SMILES string of the molecule is C.C.CC(=O)O.CC(C)(C)OC(=O)Nc1cccc(F)c1.CCOC(=O)C1=C(COC(C)(C)C)NC2=C(C(=O)CC(c3c(C)cc(C)cc3C)C2)C1c1cccc2[nH]c(=O)oc12.CCOC(=O)CC(=O)COC(C)(C)C.Cc1cc(C)c(C2CC(=O)CC(=O)C2)c(C)c1.N.Nc1cccc(F)c1.O=Cc1cccc2[nH]c(=O)oc12.O=Cc1cccc2[nH]c(=O)oc12. The second kappa shape index (κ2) is 48.8. The number of benzene rings is 7. The van der Waals surface area contributed by atoms with Crippen molar-refractivity contribution >= 4 is 104 Å². The number of carboxylic acid groups (broad SMARTS) is 1. The number of hydrogen-bond acceptors (Lipinski definition) is 24. The zero-order chi connectivity index (χ0) is 91.5. The number of aliphatic carboxylic acids is 1. The van der Waals surface area contributed by atoms with Crippen molar-refractivity contribution in [3.05, 3.63) is 254 Å². The van der Waals surface area contributed by atoms with Gasteiger partial charge < -0.3 is 59.2 Å². The lowest BCUT2D eigenvalue weighted by molar-refractivity contribution is -0.148. The summed E-state index contributed by atoms with van der Waals surface area (Å²) < 4.78 is 66.5. The minimum Gasteiger partial charge on any atom is -0.481 e. The lowest BCUT2D eigenvalue weighted by Crippen LogP contribution is -2.39. The molecule has 3 aliphatic rings. The first-order chi connectivity index (χ1) is 57.7. The monoisotopic (exact) mass is 1750 g/mol. The number of dihydropyridines is 1. The third-order valence-corrected chi connectivity index (χ3v) is 18.1. The predicted molar refractivity (Wildman–Crippen MR) is 479 cm³/mol. The van der Waals surface area contributed by atoms with Gasteiger partial charge in [-0.2, -0.15) is 0 Å². The molecule has 2 atom stereocenters. The molecule has 1 aliphatic heterocycles. The van der Waals surface area contributed by atoms with Crippen LogP contribution in [-0.2, 0) is 57.2 Å². The number of esters is 2. The van der Waals surface area contributed by atoms with E-state index in [4.69, 9.17) is 47.8 Å². The average Bonchev–Trinajstić information content (AvgIpc) is 1.07. The van der Waals surface area contributed by atoms with E-state index in [9.17, 15) is 66.3 Å². The highest BCUT2D eigenvalue weighted by Gasteiger charge is 2.44. The molecule has 11 N–H and O–H groups in total. The van der Waals surface area contributed by atoms with Crippen molar-refractivity contribution in [2.24, 2.45) is 0 Å². The quantitative estimate of drug-likeness (QED) is 0.0155. The minimum absolute atomic E-state index is 0. The highest BCUT2D eigenvalue weighted by Crippen LogP contribution is 2.48. The fourth-order valence-electron chi connectivity index (χ4n) is 13.8. The van der Waals surface area contributed by atoms with Crippen LogP contribution >= 0.6 is 0 Å². The number of H-pyrrole nitrogens is 3. The fourth-order valence-corrected chi connectivity index (χ4v) is 13.8. The molecular formula is C95H119F2N7O22. The van der Waals surface area contributed by atoms with E-state index < -0.39 is 64.2 Å². The van der Waals surface area contributed by atoms with Crippen molar-refractivity contribution in [2.75, 3.05) is 37.5 Å². The van der Waals surface area contributed by atoms with Gasteiger partial charge in [0.05, 0.1) is 82.3 Å². The summed E-state index contributed by atoms with van der Waals surface area (Å²) >= 11 is 0. The molecule has 0 bridgehead atoms. The number of rotatable bonds is 15. The van der Waals surface area contributed by atoms with Crippen LogP contribution in [0.2, 0.25) is 0 Å². The fraction of sp³-hybridized carbons (Fsp3) is 0.379. The molecule has 10 aromatic rings. The Morgan fingerprint density at radius 1 is 0.563 bits per heavy atom. The van der Waals surface area contributed by atoms with Gasteiger partial charge in [-0.25, -0.2) is 32.8 Å². The largest absolute Gasteiger partial charge is 0.481 e. The third-order valence-electron chi connectivity index (χ3n) is 18.1. The zero-order valence-electron chi connectivity index (χ0n) is 73.1. The van der Waals surface area contributed by atoms with Gasteiger partial charge >= 0.3 is 35.3 Å². The molecule has 0 radical (unpaired) electrons. The first-order valence-electron chi connectivity index (χ1n) is 39.5. The number of hydrogen-bond donors (Lipinski definition) is 8. The van der Waals surface area contributed by atoms with Gasteiger partial charge in [-0.15, -0.1) is 0 Å². The molecule has 1 saturated carbocycles. The van der Waals surface area contributed by atoms with Crippen LogP contribution < -0.4 is 39.8 Å². The van der Waals surface area contributed by atoms with Gasteiger partial charge in [-0.05, 0) is 236 Å².